The van der Waals surface area contributed by atoms with Crippen LogP contribution in [0.2, 0.25) is 0 Å². The monoisotopic (exact) mass is 324 g/mol. The van der Waals surface area contributed by atoms with Gasteiger partial charge in [-0.2, -0.15) is 0 Å². The van der Waals surface area contributed by atoms with E-state index in [0.717, 1.165) is 6.07 Å². The van der Waals surface area contributed by atoms with Crippen LogP contribution >= 0.6 is 0 Å². The van der Waals surface area contributed by atoms with Gasteiger partial charge in [-0.25, -0.2) is 0 Å². The van der Waals surface area contributed by atoms with Gasteiger partial charge in [-0.3, -0.25) is 19.7 Å². The van der Waals surface area contributed by atoms with Gasteiger partial charge in [0.15, 0.2) is 0 Å². The molecule has 0 saturated carbocycles. The van der Waals surface area contributed by atoms with Gasteiger partial charge in [-0.1, -0.05) is 13.8 Å². The van der Waals surface area contributed by atoms with Crippen LogP contribution in [-0.4, -0.2) is 34.5 Å². The first-order chi connectivity index (χ1) is 10.7. The number of aliphatic carboxylic acids is 1. The fraction of sp³-hybridized carbons (Fsp3) is 0.429. The van der Waals surface area contributed by atoms with E-state index in [2.05, 4.69) is 10.6 Å². The number of nitrogens with one attached hydrogen (secondary N) is 2. The molecule has 126 valence electrons. The van der Waals surface area contributed by atoms with Gasteiger partial charge in [-0.15, -0.1) is 0 Å². The number of hydrogen-bond donors (Lipinski definition) is 4. The maximum atomic E-state index is 11.9. The largest absolute Gasteiger partial charge is 0.480 e. The lowest BCUT2D eigenvalue weighted by Gasteiger charge is -2.15. The third kappa shape index (κ3) is 5.91. The lowest BCUT2D eigenvalue weighted by Crippen LogP contribution is -2.41. The highest BCUT2D eigenvalue weighted by molar-refractivity contribution is 5.94. The van der Waals surface area contributed by atoms with E-state index in [9.17, 15) is 19.7 Å². The van der Waals surface area contributed by atoms with Gasteiger partial charge in [0.2, 0.25) is 5.91 Å². The van der Waals surface area contributed by atoms with Crippen LogP contribution < -0.4 is 16.4 Å². The Morgan fingerprint density at radius 3 is 2.57 bits per heavy atom. The molecule has 1 aromatic carbocycles. The second-order valence-corrected chi connectivity index (χ2v) is 5.48. The molecule has 23 heavy (non-hydrogen) atoms. The number of carbonyl (C=O) groups excluding carboxylic acids is 1. The Morgan fingerprint density at radius 1 is 1.39 bits per heavy atom. The molecule has 0 radical (unpaired) electrons. The standard InChI is InChI=1S/C14H20N4O5/c1-8(2)7-16-11(14(20)21)6-13(19)17-9-3-4-10(15)12(5-9)18(22)23/h3-5,8,11,16H,6-7,15H2,1-2H3,(H,17,19)(H,20,21). The minimum Gasteiger partial charge on any atom is -0.480 e. The van der Waals surface area contributed by atoms with Crippen LogP contribution in [0.3, 0.4) is 0 Å². The first-order valence-corrected chi connectivity index (χ1v) is 7.00. The molecule has 1 atom stereocenters. The van der Waals surface area contributed by atoms with Crippen molar-refractivity contribution in [2.75, 3.05) is 17.6 Å². The summed E-state index contributed by atoms with van der Waals surface area (Å²) in [5, 5.41) is 25.1. The van der Waals surface area contributed by atoms with Crippen LogP contribution in [0.25, 0.3) is 0 Å². The van der Waals surface area contributed by atoms with Gasteiger partial charge < -0.3 is 21.5 Å². The van der Waals surface area contributed by atoms with Crippen molar-refractivity contribution in [1.29, 1.82) is 0 Å². The smallest absolute Gasteiger partial charge is 0.321 e. The van der Waals surface area contributed by atoms with Gasteiger partial charge in [0.1, 0.15) is 11.7 Å². The normalized spacial score (nSPS) is 12.0. The van der Waals surface area contributed by atoms with E-state index in [1.165, 1.54) is 12.1 Å². The molecule has 1 unspecified atom stereocenters. The number of benzene rings is 1. The molecule has 5 N–H and O–H groups in total. The topological polar surface area (TPSA) is 148 Å². The average Bonchev–Trinajstić information content (AvgIpc) is 2.44. The minimum absolute atomic E-state index is 0.0185. The number of hydrogen-bond acceptors (Lipinski definition) is 6. The maximum absolute atomic E-state index is 11.9. The molecule has 0 spiro atoms. The molecule has 0 bridgehead atoms. The molecule has 0 aromatic heterocycles. The second-order valence-electron chi connectivity index (χ2n) is 5.48. The van der Waals surface area contributed by atoms with Crippen molar-refractivity contribution < 1.29 is 19.6 Å². The van der Waals surface area contributed by atoms with Crippen molar-refractivity contribution in [3.8, 4) is 0 Å². The van der Waals surface area contributed by atoms with Crippen molar-refractivity contribution in [2.45, 2.75) is 26.3 Å². The van der Waals surface area contributed by atoms with Crippen LogP contribution in [0.15, 0.2) is 18.2 Å². The molecule has 9 heteroatoms. The minimum atomic E-state index is -1.14. The summed E-state index contributed by atoms with van der Waals surface area (Å²) in [5.74, 6) is -1.46. The Morgan fingerprint density at radius 2 is 2.04 bits per heavy atom. The molecule has 0 fully saturated rings. The number of carboxylic acids is 1. The Bertz CT molecular complexity index is 603. The molecule has 9 nitrogen and oxygen atoms in total. The first kappa shape index (κ1) is 18.4. The summed E-state index contributed by atoms with van der Waals surface area (Å²) >= 11 is 0. The van der Waals surface area contributed by atoms with E-state index in [1.807, 2.05) is 13.8 Å². The fourth-order valence-corrected chi connectivity index (χ4v) is 1.80. The number of nitro groups is 1. The summed E-state index contributed by atoms with van der Waals surface area (Å²) < 4.78 is 0. The van der Waals surface area contributed by atoms with Crippen molar-refractivity contribution in [2.24, 2.45) is 5.92 Å². The number of carbonyl (C=O) groups is 2. The Kier molecular flexibility index (Phi) is 6.46. The van der Waals surface area contributed by atoms with Crippen molar-refractivity contribution in [1.82, 2.24) is 5.32 Å². The fourth-order valence-electron chi connectivity index (χ4n) is 1.80. The van der Waals surface area contributed by atoms with Crippen LogP contribution in [0.1, 0.15) is 20.3 Å². The third-order valence-electron chi connectivity index (χ3n) is 2.97. The molecular formula is C14H20N4O5. The molecular weight excluding hydrogens is 304 g/mol. The maximum Gasteiger partial charge on any atom is 0.321 e. The van der Waals surface area contributed by atoms with Crippen LogP contribution in [0.5, 0.6) is 0 Å². The van der Waals surface area contributed by atoms with E-state index in [-0.39, 0.29) is 29.4 Å². The number of rotatable bonds is 8. The quantitative estimate of drug-likeness (QED) is 0.319. The molecule has 0 heterocycles. The molecule has 1 rings (SSSR count). The van der Waals surface area contributed by atoms with E-state index in [4.69, 9.17) is 10.8 Å². The third-order valence-corrected chi connectivity index (χ3v) is 2.97. The number of nitrogens with zero attached hydrogens (tertiary/aromatic N) is 1. The zero-order chi connectivity index (χ0) is 17.6. The molecule has 0 aliphatic carbocycles. The number of nitrogen functional groups attached to an aromatic ring is 1. The van der Waals surface area contributed by atoms with E-state index in [1.54, 1.807) is 0 Å². The van der Waals surface area contributed by atoms with E-state index < -0.39 is 22.8 Å². The predicted octanol–water partition coefficient (Wildman–Crippen LogP) is 1.20. The molecule has 0 saturated heterocycles. The zero-order valence-corrected chi connectivity index (χ0v) is 12.9. The summed E-state index contributed by atoms with van der Waals surface area (Å²) in [7, 11) is 0. The highest BCUT2D eigenvalue weighted by atomic mass is 16.6. The van der Waals surface area contributed by atoms with Gasteiger partial charge in [0.25, 0.3) is 5.69 Å². The Labute approximate surface area is 133 Å². The summed E-state index contributed by atoms with van der Waals surface area (Å²) in [6.45, 7) is 4.29. The summed E-state index contributed by atoms with van der Waals surface area (Å²) in [5.41, 5.74) is 5.31. The van der Waals surface area contributed by atoms with Crippen molar-refractivity contribution >= 4 is 28.9 Å². The van der Waals surface area contributed by atoms with Crippen LogP contribution in [0.4, 0.5) is 17.1 Å². The summed E-state index contributed by atoms with van der Waals surface area (Å²) in [6, 6.07) is 2.82. The van der Waals surface area contributed by atoms with Crippen LogP contribution in [0, 0.1) is 16.0 Å². The van der Waals surface area contributed by atoms with Gasteiger partial charge in [0.05, 0.1) is 11.3 Å². The zero-order valence-electron chi connectivity index (χ0n) is 12.9. The van der Waals surface area contributed by atoms with Gasteiger partial charge in [-0.05, 0) is 24.6 Å². The number of nitro benzene ring substituents is 1. The second kappa shape index (κ2) is 8.08. The van der Waals surface area contributed by atoms with Crippen molar-refractivity contribution in [3.05, 3.63) is 28.3 Å². The first-order valence-electron chi connectivity index (χ1n) is 7.00. The average molecular weight is 324 g/mol. The lowest BCUT2D eigenvalue weighted by molar-refractivity contribution is -0.383. The predicted molar refractivity (Wildman–Crippen MR) is 85.0 cm³/mol. The Balaban J connectivity index is 2.73. The summed E-state index contributed by atoms with van der Waals surface area (Å²) in [4.78, 5) is 33.2. The van der Waals surface area contributed by atoms with Crippen LogP contribution in [-0.2, 0) is 9.59 Å². The summed E-state index contributed by atoms with van der Waals surface area (Å²) in [6.07, 6.45) is -0.291. The lowest BCUT2D eigenvalue weighted by atomic mass is 10.1. The van der Waals surface area contributed by atoms with Gasteiger partial charge >= 0.3 is 5.97 Å². The number of carboxylic acid groups (broad SMARTS) is 1. The molecule has 1 aromatic rings. The number of amides is 1. The van der Waals surface area contributed by atoms with E-state index >= 15 is 0 Å². The molecule has 0 aliphatic rings. The SMILES string of the molecule is CC(C)CNC(CC(=O)Nc1ccc(N)c([N+](=O)[O-])c1)C(=O)O. The molecule has 1 amide bonds. The van der Waals surface area contributed by atoms with Crippen molar-refractivity contribution in [3.63, 3.8) is 0 Å². The Hall–Kier alpha value is -2.68. The highest BCUT2D eigenvalue weighted by Gasteiger charge is 2.21. The van der Waals surface area contributed by atoms with Gasteiger partial charge in [0, 0.05) is 11.8 Å². The number of nitrogens with two attached hydrogens (primary N) is 1. The van der Waals surface area contributed by atoms with E-state index in [0.29, 0.717) is 6.54 Å². The number of anilines is 2. The molecule has 0 aliphatic heterocycles. The highest BCUT2D eigenvalue weighted by Crippen LogP contribution is 2.25.